The number of hydrogen-bond donors (Lipinski definition) is 1. The lowest BCUT2D eigenvalue weighted by atomic mass is 10.2. The molecule has 52 valence electrons. The molecular formula is C8H14S. The highest BCUT2D eigenvalue weighted by Gasteiger charge is 1.82. The van der Waals surface area contributed by atoms with E-state index in [0.717, 1.165) is 31.4 Å². The highest BCUT2D eigenvalue weighted by molar-refractivity contribution is 7.80. The smallest absolute Gasteiger partial charge is 0.0366 e. The third-order valence-corrected chi connectivity index (χ3v) is 1.38. The second-order valence-corrected chi connectivity index (χ2v) is 2.30. The van der Waals surface area contributed by atoms with Gasteiger partial charge in [0.2, 0.25) is 0 Å². The summed E-state index contributed by atoms with van der Waals surface area (Å²) in [5.41, 5.74) is 0. The highest BCUT2D eigenvalue weighted by atomic mass is 32.1. The van der Waals surface area contributed by atoms with Gasteiger partial charge < -0.3 is 0 Å². The Morgan fingerprint density at radius 3 is 3.22 bits per heavy atom. The van der Waals surface area contributed by atoms with Crippen molar-refractivity contribution in [3.63, 3.8) is 0 Å². The Kier molecular flexibility index (Phi) is 4.99. The Morgan fingerprint density at radius 1 is 1.67 bits per heavy atom. The molecule has 0 N–H and O–H groups in total. The molecule has 0 aliphatic heterocycles. The average molecular weight is 145 g/mol. The summed E-state index contributed by atoms with van der Waals surface area (Å²) in [6.45, 7) is -0.972. The van der Waals surface area contributed by atoms with Crippen LogP contribution in [-0.2, 0) is 0 Å². The average Bonchev–Trinajstić information content (AvgIpc) is 1.96. The molecule has 1 heteroatoms. The maximum absolute atomic E-state index is 6.78. The first-order chi connectivity index (χ1) is 5.27. The van der Waals surface area contributed by atoms with Crippen LogP contribution in [-0.4, -0.2) is 5.75 Å². The largest absolute Gasteiger partial charge is 0.179 e. The molecule has 0 aromatic carbocycles. The van der Waals surface area contributed by atoms with Gasteiger partial charge in [-0.3, -0.25) is 0 Å². The van der Waals surface area contributed by atoms with Gasteiger partial charge in [-0.15, -0.1) is 11.8 Å². The Hall–Kier alpha value is -0.0900. The molecule has 0 aliphatic rings. The Bertz CT molecular complexity index is 135. The third-order valence-electron chi connectivity index (χ3n) is 1.06. The van der Waals surface area contributed by atoms with Gasteiger partial charge in [-0.2, -0.15) is 12.6 Å². The lowest BCUT2D eigenvalue weighted by molar-refractivity contribution is 0.744. The summed E-state index contributed by atoms with van der Waals surface area (Å²) in [7, 11) is 0. The first kappa shape index (κ1) is 5.68. The minimum Gasteiger partial charge on any atom is -0.179 e. The molecule has 0 rings (SSSR count). The van der Waals surface area contributed by atoms with Crippen LogP contribution in [0.3, 0.4) is 0 Å². The van der Waals surface area contributed by atoms with Crippen molar-refractivity contribution in [1.29, 1.82) is 0 Å². The summed E-state index contributed by atoms with van der Waals surface area (Å²) in [6, 6.07) is 0. The first-order valence-electron chi connectivity index (χ1n) is 4.36. The van der Waals surface area contributed by atoms with Crippen LogP contribution in [0.2, 0.25) is 0 Å². The van der Waals surface area contributed by atoms with E-state index >= 15 is 0 Å². The fourth-order valence-corrected chi connectivity index (χ4v) is 0.798. The lowest BCUT2D eigenvalue weighted by Gasteiger charge is -1.90. The van der Waals surface area contributed by atoms with Crippen LogP contribution >= 0.6 is 12.6 Å². The molecule has 0 heterocycles. The van der Waals surface area contributed by atoms with Crippen molar-refractivity contribution in [3.8, 4) is 11.8 Å². The Labute approximate surface area is 66.3 Å². The van der Waals surface area contributed by atoms with Crippen LogP contribution in [0.5, 0.6) is 0 Å². The number of unbranched alkanes of at least 4 members (excludes halogenated alkanes) is 3. The summed E-state index contributed by atoms with van der Waals surface area (Å²) in [4.78, 5) is 0. The SMILES string of the molecule is [2H]C([3H])C#CCCCCCS. The van der Waals surface area contributed by atoms with E-state index in [1.165, 1.54) is 0 Å². The van der Waals surface area contributed by atoms with Gasteiger partial charge in [-0.05, 0) is 25.5 Å². The molecule has 9 heavy (non-hydrogen) atoms. The summed E-state index contributed by atoms with van der Waals surface area (Å²) < 4.78 is 13.6. The van der Waals surface area contributed by atoms with Crippen LogP contribution in [0.25, 0.3) is 0 Å². The fraction of sp³-hybridized carbons (Fsp3) is 0.750. The molecule has 0 saturated heterocycles. The molecule has 0 saturated carbocycles. The standard InChI is InChI=1S/C8H14S/c1-2-3-4-5-6-7-8-9/h9H,4-8H2,1H3/i1TD. The quantitative estimate of drug-likeness (QED) is 0.351. The monoisotopic (exact) mass is 145 g/mol. The molecule has 0 amide bonds. The molecule has 1 atom stereocenters. The molecule has 0 fully saturated rings. The van der Waals surface area contributed by atoms with Crippen molar-refractivity contribution in [2.24, 2.45) is 0 Å². The zero-order chi connectivity index (χ0) is 8.53. The van der Waals surface area contributed by atoms with E-state index < -0.39 is 6.88 Å². The minimum atomic E-state index is -0.972. The van der Waals surface area contributed by atoms with Gasteiger partial charge in [0.25, 0.3) is 0 Å². The molecule has 0 bridgehead atoms. The fourth-order valence-electron chi connectivity index (χ4n) is 0.574. The van der Waals surface area contributed by atoms with Gasteiger partial charge in [0, 0.05) is 9.16 Å². The molecular weight excluding hydrogens is 128 g/mol. The number of hydrogen-bond acceptors (Lipinski definition) is 1. The lowest BCUT2D eigenvalue weighted by Crippen LogP contribution is -1.76. The van der Waals surface area contributed by atoms with Gasteiger partial charge in [-0.1, -0.05) is 6.42 Å². The van der Waals surface area contributed by atoms with Crippen molar-refractivity contribution < 1.29 is 2.74 Å². The summed E-state index contributed by atoms with van der Waals surface area (Å²) in [6.07, 6.45) is 4.18. The zero-order valence-electron chi connectivity index (χ0n) is 7.56. The topological polar surface area (TPSA) is 0 Å². The molecule has 0 aliphatic carbocycles. The van der Waals surface area contributed by atoms with Gasteiger partial charge in [0.1, 0.15) is 0 Å². The summed E-state index contributed by atoms with van der Waals surface area (Å²) in [5, 5.41) is 0. The van der Waals surface area contributed by atoms with E-state index in [0.29, 0.717) is 0 Å². The van der Waals surface area contributed by atoms with Crippen LogP contribution in [0, 0.1) is 11.8 Å². The second-order valence-electron chi connectivity index (χ2n) is 1.86. The third kappa shape index (κ3) is 7.91. The van der Waals surface area contributed by atoms with Gasteiger partial charge in [0.05, 0.1) is 0 Å². The summed E-state index contributed by atoms with van der Waals surface area (Å²) in [5.74, 6) is 6.22. The highest BCUT2D eigenvalue weighted by Crippen LogP contribution is 1.98. The Morgan fingerprint density at radius 2 is 2.56 bits per heavy atom. The van der Waals surface area contributed by atoms with Crippen molar-refractivity contribution in [3.05, 3.63) is 0 Å². The summed E-state index contributed by atoms with van der Waals surface area (Å²) >= 11 is 4.08. The van der Waals surface area contributed by atoms with E-state index in [1.54, 1.807) is 0 Å². The number of rotatable bonds is 4. The van der Waals surface area contributed by atoms with Crippen molar-refractivity contribution in [2.45, 2.75) is 32.6 Å². The first-order valence-corrected chi connectivity index (χ1v) is 3.84. The van der Waals surface area contributed by atoms with Crippen LogP contribution in [0.1, 0.15) is 35.3 Å². The zero-order valence-corrected chi connectivity index (χ0v) is 6.45. The second kappa shape index (κ2) is 7.91. The predicted octanol–water partition coefficient (Wildman–Crippen LogP) is 2.50. The molecule has 0 radical (unpaired) electrons. The maximum atomic E-state index is 6.78. The Balaban J connectivity index is 3.09. The van der Waals surface area contributed by atoms with Crippen LogP contribution in [0.4, 0.5) is 0 Å². The van der Waals surface area contributed by atoms with E-state index in [-0.39, 0.29) is 0 Å². The molecule has 0 spiro atoms. The maximum Gasteiger partial charge on any atom is 0.0366 e. The molecule has 0 aromatic heterocycles. The van der Waals surface area contributed by atoms with Gasteiger partial charge in [-0.25, -0.2) is 0 Å². The van der Waals surface area contributed by atoms with E-state index in [9.17, 15) is 0 Å². The van der Waals surface area contributed by atoms with E-state index in [2.05, 4.69) is 24.5 Å². The van der Waals surface area contributed by atoms with Crippen LogP contribution in [0.15, 0.2) is 0 Å². The normalized spacial score (nSPS) is 14.8. The van der Waals surface area contributed by atoms with Gasteiger partial charge >= 0.3 is 0 Å². The van der Waals surface area contributed by atoms with E-state index in [1.807, 2.05) is 0 Å². The van der Waals surface area contributed by atoms with Crippen LogP contribution < -0.4 is 0 Å². The van der Waals surface area contributed by atoms with Crippen molar-refractivity contribution in [2.75, 3.05) is 5.75 Å². The van der Waals surface area contributed by atoms with Crippen molar-refractivity contribution in [1.82, 2.24) is 0 Å². The van der Waals surface area contributed by atoms with E-state index in [4.69, 9.17) is 2.74 Å². The molecule has 0 nitrogen and oxygen atoms in total. The molecule has 0 aromatic rings. The van der Waals surface area contributed by atoms with Gasteiger partial charge in [0.15, 0.2) is 0 Å². The molecule has 1 unspecified atom stereocenters. The number of thiol groups is 1. The predicted molar refractivity (Wildman–Crippen MR) is 45.8 cm³/mol. The van der Waals surface area contributed by atoms with Crippen molar-refractivity contribution >= 4 is 12.6 Å². The minimum absolute atomic E-state index is 0.821.